The third kappa shape index (κ3) is 1.53. The summed E-state index contributed by atoms with van der Waals surface area (Å²) in [5.74, 6) is 0.551. The number of pyridine rings is 1. The molecule has 78 valence electrons. The number of nitrogens with zero attached hydrogens (tertiary/aromatic N) is 2. The van der Waals surface area contributed by atoms with Crippen molar-refractivity contribution in [3.05, 3.63) is 41.8 Å². The molecule has 1 aromatic carbocycles. The van der Waals surface area contributed by atoms with Crippen LogP contribution in [-0.4, -0.2) is 9.97 Å². The van der Waals surface area contributed by atoms with Gasteiger partial charge in [0, 0.05) is 10.8 Å². The first-order chi connectivity index (χ1) is 7.83. The van der Waals surface area contributed by atoms with Crippen LogP contribution in [0.4, 0.5) is 5.82 Å². The van der Waals surface area contributed by atoms with Crippen molar-refractivity contribution in [2.45, 2.75) is 0 Å². The van der Waals surface area contributed by atoms with Gasteiger partial charge in [0.2, 0.25) is 0 Å². The highest BCUT2D eigenvalue weighted by atomic mass is 32.1. The number of fused-ring (bicyclic) bond motifs is 1. The highest BCUT2D eigenvalue weighted by Gasteiger charge is 2.04. The van der Waals surface area contributed by atoms with Crippen molar-refractivity contribution in [1.29, 1.82) is 0 Å². The minimum absolute atomic E-state index is 0.551. The molecule has 0 saturated carbocycles. The Morgan fingerprint density at radius 3 is 2.69 bits per heavy atom. The summed E-state index contributed by atoms with van der Waals surface area (Å²) in [5, 5.41) is 3.82. The molecule has 3 rings (SSSR count). The van der Waals surface area contributed by atoms with Gasteiger partial charge in [0.25, 0.3) is 0 Å². The third-order valence-electron chi connectivity index (χ3n) is 2.34. The van der Waals surface area contributed by atoms with E-state index in [0.717, 1.165) is 21.6 Å². The molecule has 0 atom stereocenters. The first kappa shape index (κ1) is 9.30. The third-order valence-corrected chi connectivity index (χ3v) is 3.22. The predicted molar refractivity (Wildman–Crippen MR) is 67.3 cm³/mol. The van der Waals surface area contributed by atoms with E-state index in [9.17, 15) is 0 Å². The highest BCUT2D eigenvalue weighted by Crippen LogP contribution is 2.24. The van der Waals surface area contributed by atoms with Crippen molar-refractivity contribution in [2.24, 2.45) is 0 Å². The molecule has 2 heterocycles. The van der Waals surface area contributed by atoms with Crippen LogP contribution in [0.5, 0.6) is 0 Å². The molecule has 0 aliphatic rings. The second-order valence-corrected chi connectivity index (χ2v) is 4.32. The van der Waals surface area contributed by atoms with Gasteiger partial charge in [-0.2, -0.15) is 0 Å². The van der Waals surface area contributed by atoms with E-state index in [1.165, 1.54) is 11.3 Å². The van der Waals surface area contributed by atoms with E-state index < -0.39 is 0 Å². The van der Waals surface area contributed by atoms with Crippen LogP contribution < -0.4 is 5.73 Å². The van der Waals surface area contributed by atoms with Gasteiger partial charge in [-0.3, -0.25) is 0 Å². The van der Waals surface area contributed by atoms with Crippen LogP contribution in [0.3, 0.4) is 0 Å². The van der Waals surface area contributed by atoms with Crippen molar-refractivity contribution in [3.8, 4) is 10.7 Å². The number of thiazole rings is 1. The van der Waals surface area contributed by atoms with E-state index >= 15 is 0 Å². The van der Waals surface area contributed by atoms with Crippen LogP contribution in [0.2, 0.25) is 0 Å². The van der Waals surface area contributed by atoms with E-state index in [4.69, 9.17) is 5.73 Å². The van der Waals surface area contributed by atoms with Gasteiger partial charge in [-0.05, 0) is 12.1 Å². The molecule has 0 bridgehead atoms. The van der Waals surface area contributed by atoms with Gasteiger partial charge < -0.3 is 5.73 Å². The van der Waals surface area contributed by atoms with Crippen molar-refractivity contribution in [2.75, 3.05) is 5.73 Å². The lowest BCUT2D eigenvalue weighted by Crippen LogP contribution is -1.86. The Bertz CT molecular complexity index is 645. The van der Waals surface area contributed by atoms with E-state index in [0.29, 0.717) is 5.82 Å². The molecule has 0 spiro atoms. The fourth-order valence-corrected chi connectivity index (χ4v) is 2.27. The zero-order valence-electron chi connectivity index (χ0n) is 8.42. The van der Waals surface area contributed by atoms with Crippen LogP contribution in [0.15, 0.2) is 41.8 Å². The van der Waals surface area contributed by atoms with Crippen molar-refractivity contribution < 1.29 is 0 Å². The van der Waals surface area contributed by atoms with Gasteiger partial charge in [-0.1, -0.05) is 24.3 Å². The monoisotopic (exact) mass is 227 g/mol. The average molecular weight is 227 g/mol. The van der Waals surface area contributed by atoms with Gasteiger partial charge >= 0.3 is 0 Å². The van der Waals surface area contributed by atoms with Crippen molar-refractivity contribution in [3.63, 3.8) is 0 Å². The minimum Gasteiger partial charge on any atom is -0.383 e. The lowest BCUT2D eigenvalue weighted by molar-refractivity contribution is 1.34. The minimum atomic E-state index is 0.551. The van der Waals surface area contributed by atoms with Gasteiger partial charge in [0.15, 0.2) is 0 Å². The van der Waals surface area contributed by atoms with Crippen LogP contribution in [0.1, 0.15) is 0 Å². The molecule has 3 nitrogen and oxygen atoms in total. The molecule has 2 aromatic heterocycles. The summed E-state index contributed by atoms with van der Waals surface area (Å²) in [6, 6.07) is 12.0. The molecule has 0 unspecified atom stereocenters. The summed E-state index contributed by atoms with van der Waals surface area (Å²) in [7, 11) is 0. The lowest BCUT2D eigenvalue weighted by Gasteiger charge is -1.99. The maximum absolute atomic E-state index is 5.60. The molecule has 2 N–H and O–H groups in total. The van der Waals surface area contributed by atoms with E-state index in [1.54, 1.807) is 0 Å². The number of benzene rings is 1. The molecule has 16 heavy (non-hydrogen) atoms. The molecule has 0 aliphatic heterocycles. The summed E-state index contributed by atoms with van der Waals surface area (Å²) in [4.78, 5) is 8.77. The molecule has 0 fully saturated rings. The first-order valence-corrected chi connectivity index (χ1v) is 5.78. The van der Waals surface area contributed by atoms with Crippen molar-refractivity contribution >= 4 is 28.1 Å². The number of nitrogen functional groups attached to an aromatic ring is 1. The zero-order chi connectivity index (χ0) is 11.0. The summed E-state index contributed by atoms with van der Waals surface area (Å²) in [5.41, 5.74) is 7.46. The summed E-state index contributed by atoms with van der Waals surface area (Å²) in [6.45, 7) is 0. The normalized spacial score (nSPS) is 10.8. The SMILES string of the molecule is Nc1csc(-c2ccc3ccccc3n2)n1. The van der Waals surface area contributed by atoms with E-state index in [-0.39, 0.29) is 0 Å². The molecular formula is C12H9N3S. The number of para-hydroxylation sites is 1. The number of anilines is 1. The molecule has 3 aromatic rings. The number of rotatable bonds is 1. The highest BCUT2D eigenvalue weighted by molar-refractivity contribution is 7.13. The largest absolute Gasteiger partial charge is 0.383 e. The molecular weight excluding hydrogens is 218 g/mol. The van der Waals surface area contributed by atoms with Crippen LogP contribution in [0.25, 0.3) is 21.6 Å². The Balaban J connectivity index is 2.18. The Labute approximate surface area is 96.6 Å². The number of hydrogen-bond donors (Lipinski definition) is 1. The topological polar surface area (TPSA) is 51.8 Å². The first-order valence-electron chi connectivity index (χ1n) is 4.90. The Kier molecular flexibility index (Phi) is 2.08. The van der Waals surface area contributed by atoms with Gasteiger partial charge in [-0.25, -0.2) is 9.97 Å². The molecule has 0 aliphatic carbocycles. The summed E-state index contributed by atoms with van der Waals surface area (Å²) in [6.07, 6.45) is 0. The fourth-order valence-electron chi connectivity index (χ4n) is 1.59. The van der Waals surface area contributed by atoms with Crippen LogP contribution in [-0.2, 0) is 0 Å². The van der Waals surface area contributed by atoms with Crippen molar-refractivity contribution in [1.82, 2.24) is 9.97 Å². The number of hydrogen-bond acceptors (Lipinski definition) is 4. The van der Waals surface area contributed by atoms with Crippen LogP contribution in [0, 0.1) is 0 Å². The summed E-state index contributed by atoms with van der Waals surface area (Å²) < 4.78 is 0. The van der Waals surface area contributed by atoms with Crippen LogP contribution >= 0.6 is 11.3 Å². The zero-order valence-corrected chi connectivity index (χ0v) is 9.24. The van der Waals surface area contributed by atoms with Gasteiger partial charge in [0.05, 0.1) is 11.2 Å². The Morgan fingerprint density at radius 2 is 1.88 bits per heavy atom. The predicted octanol–water partition coefficient (Wildman–Crippen LogP) is 2.94. The maximum Gasteiger partial charge on any atom is 0.144 e. The van der Waals surface area contributed by atoms with E-state index in [1.807, 2.05) is 35.7 Å². The standard InChI is InChI=1S/C12H9N3S/c13-11-7-16-12(15-11)10-6-5-8-3-1-2-4-9(8)14-10/h1-7H,13H2. The quantitative estimate of drug-likeness (QED) is 0.695. The lowest BCUT2D eigenvalue weighted by atomic mass is 10.2. The Hall–Kier alpha value is -1.94. The molecule has 0 radical (unpaired) electrons. The second-order valence-electron chi connectivity index (χ2n) is 3.47. The number of aromatic nitrogens is 2. The van der Waals surface area contributed by atoms with Gasteiger partial charge in [-0.15, -0.1) is 11.3 Å². The summed E-state index contributed by atoms with van der Waals surface area (Å²) >= 11 is 1.51. The maximum atomic E-state index is 5.60. The van der Waals surface area contributed by atoms with E-state index in [2.05, 4.69) is 16.0 Å². The van der Waals surface area contributed by atoms with Gasteiger partial charge in [0.1, 0.15) is 10.8 Å². The Morgan fingerprint density at radius 1 is 1.00 bits per heavy atom. The molecule has 0 saturated heterocycles. The average Bonchev–Trinajstić information content (AvgIpc) is 2.75. The smallest absolute Gasteiger partial charge is 0.144 e. The molecule has 4 heteroatoms. The molecule has 0 amide bonds. The second kappa shape index (κ2) is 3.57. The fraction of sp³-hybridized carbons (Fsp3) is 0. The number of nitrogens with two attached hydrogens (primary N) is 1.